The van der Waals surface area contributed by atoms with E-state index >= 15 is 0 Å². The maximum atomic E-state index is 10.8. The number of hydrogen-bond acceptors (Lipinski definition) is 6. The monoisotopic (exact) mass is 219 g/mol. The second kappa shape index (κ2) is 4.12. The van der Waals surface area contributed by atoms with E-state index in [4.69, 9.17) is 5.26 Å². The molecule has 1 aliphatic rings. The van der Waals surface area contributed by atoms with Gasteiger partial charge in [-0.15, -0.1) is 0 Å². The number of aromatic nitrogens is 1. The zero-order valence-corrected chi connectivity index (χ0v) is 8.30. The minimum absolute atomic E-state index is 0.0229. The van der Waals surface area contributed by atoms with Crippen LogP contribution in [-0.4, -0.2) is 29.0 Å². The van der Waals surface area contributed by atoms with Crippen LogP contribution in [0.1, 0.15) is 5.56 Å². The van der Waals surface area contributed by atoms with Gasteiger partial charge in [0.2, 0.25) is 5.82 Å². The molecule has 2 heterocycles. The van der Waals surface area contributed by atoms with Crippen molar-refractivity contribution in [2.24, 2.45) is 0 Å². The van der Waals surface area contributed by atoms with Crippen molar-refractivity contribution in [3.05, 3.63) is 27.9 Å². The summed E-state index contributed by atoms with van der Waals surface area (Å²) >= 11 is 0. The van der Waals surface area contributed by atoms with Crippen molar-refractivity contribution in [3.63, 3.8) is 0 Å². The molecule has 0 aromatic carbocycles. The predicted molar refractivity (Wildman–Crippen MR) is 55.9 cm³/mol. The smallest absolute Gasteiger partial charge is 0.328 e. The standard InChI is InChI=1S/C9H9N5O2/c10-3-6-1-2-12-9(8(6)14(15)16)13-7-4-11-5-7/h1-2,7,11H,4-5H2,(H,12,13). The van der Waals surface area contributed by atoms with E-state index < -0.39 is 4.92 Å². The highest BCUT2D eigenvalue weighted by molar-refractivity contribution is 5.64. The van der Waals surface area contributed by atoms with Crippen LogP contribution < -0.4 is 10.6 Å². The number of nitrogens with one attached hydrogen (secondary N) is 2. The van der Waals surface area contributed by atoms with E-state index in [0.717, 1.165) is 13.1 Å². The summed E-state index contributed by atoms with van der Waals surface area (Å²) in [7, 11) is 0. The average Bonchev–Trinajstić information content (AvgIpc) is 2.22. The third-order valence-electron chi connectivity index (χ3n) is 2.35. The topological polar surface area (TPSA) is 104 Å². The second-order valence-electron chi connectivity index (χ2n) is 3.42. The molecular weight excluding hydrogens is 210 g/mol. The highest BCUT2D eigenvalue weighted by atomic mass is 16.6. The van der Waals surface area contributed by atoms with E-state index in [1.807, 2.05) is 0 Å². The molecule has 16 heavy (non-hydrogen) atoms. The Balaban J connectivity index is 2.35. The lowest BCUT2D eigenvalue weighted by atomic mass is 10.1. The number of nitriles is 1. The zero-order chi connectivity index (χ0) is 11.5. The predicted octanol–water partition coefficient (Wildman–Crippen LogP) is 0.245. The van der Waals surface area contributed by atoms with Crippen LogP contribution in [0.4, 0.5) is 11.5 Å². The SMILES string of the molecule is N#Cc1ccnc(NC2CNC2)c1[N+](=O)[O-]. The van der Waals surface area contributed by atoms with Gasteiger partial charge in [-0.1, -0.05) is 0 Å². The molecule has 7 nitrogen and oxygen atoms in total. The van der Waals surface area contributed by atoms with E-state index in [0.29, 0.717) is 0 Å². The number of hydrogen-bond donors (Lipinski definition) is 2. The minimum atomic E-state index is -0.583. The Hall–Kier alpha value is -2.20. The Morgan fingerprint density at radius 1 is 1.69 bits per heavy atom. The zero-order valence-electron chi connectivity index (χ0n) is 8.30. The maximum Gasteiger partial charge on any atom is 0.328 e. The van der Waals surface area contributed by atoms with Crippen molar-refractivity contribution >= 4 is 11.5 Å². The lowest BCUT2D eigenvalue weighted by molar-refractivity contribution is -0.384. The van der Waals surface area contributed by atoms with Gasteiger partial charge in [-0.3, -0.25) is 10.1 Å². The summed E-state index contributed by atoms with van der Waals surface area (Å²) in [5.74, 6) is 0.163. The summed E-state index contributed by atoms with van der Waals surface area (Å²) in [6.45, 7) is 1.49. The van der Waals surface area contributed by atoms with Crippen LogP contribution in [0.15, 0.2) is 12.3 Å². The molecule has 2 rings (SSSR count). The van der Waals surface area contributed by atoms with E-state index in [2.05, 4.69) is 15.6 Å². The van der Waals surface area contributed by atoms with Gasteiger partial charge >= 0.3 is 5.69 Å². The number of nitro groups is 1. The molecule has 0 aliphatic carbocycles. The van der Waals surface area contributed by atoms with E-state index in [1.54, 1.807) is 6.07 Å². The first-order valence-corrected chi connectivity index (χ1v) is 4.73. The number of nitrogens with zero attached hydrogens (tertiary/aromatic N) is 3. The molecule has 0 saturated carbocycles. The molecule has 1 aliphatic heterocycles. The van der Waals surface area contributed by atoms with Crippen LogP contribution in [0.25, 0.3) is 0 Å². The van der Waals surface area contributed by atoms with Gasteiger partial charge in [-0.25, -0.2) is 4.98 Å². The van der Waals surface area contributed by atoms with Gasteiger partial charge in [-0.05, 0) is 6.07 Å². The first-order valence-electron chi connectivity index (χ1n) is 4.73. The molecule has 0 amide bonds. The van der Waals surface area contributed by atoms with Gasteiger partial charge in [0.1, 0.15) is 11.6 Å². The highest BCUT2D eigenvalue weighted by Gasteiger charge is 2.25. The molecular formula is C9H9N5O2. The summed E-state index contributed by atoms with van der Waals surface area (Å²) < 4.78 is 0. The highest BCUT2D eigenvalue weighted by Crippen LogP contribution is 2.26. The van der Waals surface area contributed by atoms with Gasteiger partial charge < -0.3 is 10.6 Å². The fraction of sp³-hybridized carbons (Fsp3) is 0.333. The fourth-order valence-corrected chi connectivity index (χ4v) is 1.42. The third kappa shape index (κ3) is 1.78. The fourth-order valence-electron chi connectivity index (χ4n) is 1.42. The van der Waals surface area contributed by atoms with Gasteiger partial charge in [0.15, 0.2) is 0 Å². The van der Waals surface area contributed by atoms with Crippen molar-refractivity contribution in [2.45, 2.75) is 6.04 Å². The third-order valence-corrected chi connectivity index (χ3v) is 2.35. The molecule has 0 bridgehead atoms. The van der Waals surface area contributed by atoms with E-state index in [-0.39, 0.29) is 23.1 Å². The molecule has 0 spiro atoms. The van der Waals surface area contributed by atoms with Crippen LogP contribution in [0.5, 0.6) is 0 Å². The van der Waals surface area contributed by atoms with E-state index in [9.17, 15) is 10.1 Å². The normalized spacial score (nSPS) is 14.9. The molecule has 7 heteroatoms. The molecule has 0 unspecified atom stereocenters. The molecule has 1 saturated heterocycles. The average molecular weight is 219 g/mol. The van der Waals surface area contributed by atoms with Crippen LogP contribution in [0.2, 0.25) is 0 Å². The van der Waals surface area contributed by atoms with Crippen LogP contribution in [0, 0.1) is 21.4 Å². The number of rotatable bonds is 3. The Morgan fingerprint density at radius 3 is 2.94 bits per heavy atom. The largest absolute Gasteiger partial charge is 0.359 e. The Morgan fingerprint density at radius 2 is 2.44 bits per heavy atom. The van der Waals surface area contributed by atoms with Crippen molar-refractivity contribution in [1.29, 1.82) is 5.26 Å². The Bertz CT molecular complexity index is 463. The lowest BCUT2D eigenvalue weighted by Gasteiger charge is -2.28. The second-order valence-corrected chi connectivity index (χ2v) is 3.42. The maximum absolute atomic E-state index is 10.8. The van der Waals surface area contributed by atoms with Crippen LogP contribution in [0.3, 0.4) is 0 Å². The molecule has 1 fully saturated rings. The molecule has 1 aromatic heterocycles. The molecule has 0 atom stereocenters. The lowest BCUT2D eigenvalue weighted by Crippen LogP contribution is -2.51. The van der Waals surface area contributed by atoms with Crippen molar-refractivity contribution in [2.75, 3.05) is 18.4 Å². The van der Waals surface area contributed by atoms with E-state index in [1.165, 1.54) is 12.3 Å². The molecule has 82 valence electrons. The summed E-state index contributed by atoms with van der Waals surface area (Å²) in [5, 5.41) is 25.6. The Kier molecular flexibility index (Phi) is 2.66. The summed E-state index contributed by atoms with van der Waals surface area (Å²) in [6, 6.07) is 3.26. The first kappa shape index (κ1) is 10.3. The summed E-state index contributed by atoms with van der Waals surface area (Å²) in [6.07, 6.45) is 1.39. The van der Waals surface area contributed by atoms with Crippen molar-refractivity contribution in [3.8, 4) is 6.07 Å². The number of anilines is 1. The minimum Gasteiger partial charge on any atom is -0.359 e. The quantitative estimate of drug-likeness (QED) is 0.557. The van der Waals surface area contributed by atoms with Crippen LogP contribution in [-0.2, 0) is 0 Å². The first-order chi connectivity index (χ1) is 7.72. The molecule has 0 radical (unpaired) electrons. The van der Waals surface area contributed by atoms with Crippen molar-refractivity contribution < 1.29 is 4.92 Å². The molecule has 2 N–H and O–H groups in total. The van der Waals surface area contributed by atoms with Gasteiger partial charge in [0.05, 0.1) is 11.0 Å². The van der Waals surface area contributed by atoms with Gasteiger partial charge in [-0.2, -0.15) is 5.26 Å². The summed E-state index contributed by atoms with van der Waals surface area (Å²) in [5.41, 5.74) is -0.230. The summed E-state index contributed by atoms with van der Waals surface area (Å²) in [4.78, 5) is 14.2. The Labute approximate surface area is 91.3 Å². The van der Waals surface area contributed by atoms with Crippen molar-refractivity contribution in [1.82, 2.24) is 10.3 Å². The van der Waals surface area contributed by atoms with Crippen LogP contribution >= 0.6 is 0 Å². The van der Waals surface area contributed by atoms with Gasteiger partial charge in [0, 0.05) is 19.3 Å². The number of pyridine rings is 1. The van der Waals surface area contributed by atoms with Gasteiger partial charge in [0.25, 0.3) is 0 Å². The molecule has 1 aromatic rings.